The van der Waals surface area contributed by atoms with E-state index in [-0.39, 0.29) is 5.69 Å². The van der Waals surface area contributed by atoms with E-state index in [0.717, 1.165) is 5.01 Å². The van der Waals surface area contributed by atoms with Crippen molar-refractivity contribution in [2.45, 2.75) is 0 Å². The van der Waals surface area contributed by atoms with Crippen LogP contribution < -0.4 is 10.5 Å². The minimum absolute atomic E-state index is 0.0618. The first kappa shape index (κ1) is 10.7. The lowest BCUT2D eigenvalue weighted by atomic mass is 10.3. The minimum Gasteiger partial charge on any atom is -0.258 e. The van der Waals surface area contributed by atoms with Gasteiger partial charge in [0.2, 0.25) is 0 Å². The number of rotatable bonds is 4. The third kappa shape index (κ3) is 2.79. The van der Waals surface area contributed by atoms with Gasteiger partial charge in [-0.25, -0.2) is 15.1 Å². The van der Waals surface area contributed by atoms with Crippen LogP contribution in [0.3, 0.4) is 0 Å². The second kappa shape index (κ2) is 4.22. The van der Waals surface area contributed by atoms with Crippen LogP contribution in [0.5, 0.6) is 0 Å². The van der Waals surface area contributed by atoms with E-state index in [1.807, 2.05) is 5.53 Å². The molecule has 0 radical (unpaired) electrons. The van der Waals surface area contributed by atoms with Gasteiger partial charge in [-0.1, -0.05) is 0 Å². The smallest absolute Gasteiger partial charge is 0.258 e. The van der Waals surface area contributed by atoms with Gasteiger partial charge in [-0.15, -0.1) is 0 Å². The van der Waals surface area contributed by atoms with E-state index in [2.05, 4.69) is 0 Å². The van der Waals surface area contributed by atoms with Crippen molar-refractivity contribution in [3.8, 4) is 0 Å². The largest absolute Gasteiger partial charge is 0.269 e. The highest BCUT2D eigenvalue weighted by Gasteiger charge is 2.08. The Morgan fingerprint density at radius 1 is 1.20 bits per heavy atom. The van der Waals surface area contributed by atoms with Crippen molar-refractivity contribution in [1.82, 2.24) is 5.53 Å². The van der Waals surface area contributed by atoms with Gasteiger partial charge in [-0.3, -0.25) is 10.1 Å². The topological polar surface area (TPSA) is 102 Å². The monoisotopic (exact) mass is 212 g/mol. The molecule has 15 heavy (non-hydrogen) atoms. The van der Waals surface area contributed by atoms with Crippen LogP contribution in [0.4, 0.5) is 11.4 Å². The van der Waals surface area contributed by atoms with Crippen LogP contribution in [0.15, 0.2) is 24.3 Å². The fourth-order valence-corrected chi connectivity index (χ4v) is 0.978. The summed E-state index contributed by atoms with van der Waals surface area (Å²) in [6.07, 6.45) is 0. The van der Waals surface area contributed by atoms with Gasteiger partial charge < -0.3 is 0 Å². The molecule has 8 heteroatoms. The maximum Gasteiger partial charge on any atom is 0.269 e. The van der Waals surface area contributed by atoms with Crippen molar-refractivity contribution < 1.29 is 9.96 Å². The van der Waals surface area contributed by atoms with Gasteiger partial charge >= 0.3 is 0 Å². The van der Waals surface area contributed by atoms with Crippen molar-refractivity contribution in [1.29, 1.82) is 0 Å². The number of nitro benzene ring substituents is 1. The van der Waals surface area contributed by atoms with Crippen LogP contribution in [0, 0.1) is 20.2 Å². The van der Waals surface area contributed by atoms with Crippen LogP contribution >= 0.6 is 0 Å². The lowest BCUT2D eigenvalue weighted by Gasteiger charge is -2.13. The predicted molar refractivity (Wildman–Crippen MR) is 51.6 cm³/mol. The van der Waals surface area contributed by atoms with Gasteiger partial charge in [0, 0.05) is 19.2 Å². The third-order valence-corrected chi connectivity index (χ3v) is 1.68. The third-order valence-electron chi connectivity index (χ3n) is 1.68. The second-order valence-electron chi connectivity index (χ2n) is 2.69. The molecule has 8 nitrogen and oxygen atoms in total. The summed E-state index contributed by atoms with van der Waals surface area (Å²) in [5, 5.41) is 20.9. The van der Waals surface area contributed by atoms with Crippen molar-refractivity contribution in [3.63, 3.8) is 0 Å². The molecular formula is C7H8N4O4. The molecule has 0 heterocycles. The van der Waals surface area contributed by atoms with Crippen LogP contribution in [0.2, 0.25) is 0 Å². The SMILES string of the molecule is CN(N[N+](=O)[O-])c1ccc([N+](=O)[O-])cc1. The molecule has 0 fully saturated rings. The standard InChI is InChI=1S/C7H8N4O4/c1-9(8-11(14)15)6-2-4-7(5-3-6)10(12)13/h2-5,8H,1H3. The highest BCUT2D eigenvalue weighted by atomic mass is 16.7. The van der Waals surface area contributed by atoms with E-state index < -0.39 is 9.96 Å². The van der Waals surface area contributed by atoms with Gasteiger partial charge in [-0.2, -0.15) is 0 Å². The number of hydrogen-bond donors (Lipinski definition) is 1. The van der Waals surface area contributed by atoms with Gasteiger partial charge in [0.1, 0.15) is 0 Å². The number of nitrogens with one attached hydrogen (secondary N) is 1. The molecule has 0 spiro atoms. The highest BCUT2D eigenvalue weighted by Crippen LogP contribution is 2.16. The fourth-order valence-electron chi connectivity index (χ4n) is 0.978. The number of nitrogens with zero attached hydrogens (tertiary/aromatic N) is 3. The molecule has 0 unspecified atom stereocenters. The first-order valence-electron chi connectivity index (χ1n) is 3.89. The van der Waals surface area contributed by atoms with Gasteiger partial charge in [0.15, 0.2) is 5.03 Å². The average Bonchev–Trinajstić information content (AvgIpc) is 2.17. The maximum absolute atomic E-state index is 10.3. The summed E-state index contributed by atoms with van der Waals surface area (Å²) in [5.41, 5.74) is 2.29. The molecule has 0 aromatic heterocycles. The lowest BCUT2D eigenvalue weighted by Crippen LogP contribution is -2.38. The molecule has 0 amide bonds. The first-order chi connectivity index (χ1) is 7.00. The van der Waals surface area contributed by atoms with Crippen LogP contribution in [-0.2, 0) is 0 Å². The number of benzene rings is 1. The Balaban J connectivity index is 2.79. The number of nitro groups is 2. The summed E-state index contributed by atoms with van der Waals surface area (Å²) >= 11 is 0. The normalized spacial score (nSPS) is 9.40. The highest BCUT2D eigenvalue weighted by molar-refractivity contribution is 5.49. The average molecular weight is 212 g/mol. The number of non-ortho nitro benzene ring substituents is 1. The van der Waals surface area contributed by atoms with Gasteiger partial charge in [0.25, 0.3) is 5.69 Å². The minimum atomic E-state index is -0.721. The molecule has 0 aliphatic heterocycles. The van der Waals surface area contributed by atoms with Crippen molar-refractivity contribution >= 4 is 11.4 Å². The summed E-state index contributed by atoms with van der Waals surface area (Å²) in [5.74, 6) is 0. The Morgan fingerprint density at radius 3 is 2.13 bits per heavy atom. The molecule has 0 aliphatic rings. The lowest BCUT2D eigenvalue weighted by molar-refractivity contribution is -0.545. The summed E-state index contributed by atoms with van der Waals surface area (Å²) in [6.45, 7) is 0. The van der Waals surface area contributed by atoms with Crippen molar-refractivity contribution in [3.05, 3.63) is 44.5 Å². The molecule has 1 N–H and O–H groups in total. The van der Waals surface area contributed by atoms with Crippen LogP contribution in [0.1, 0.15) is 0 Å². The Kier molecular flexibility index (Phi) is 3.01. The molecule has 0 saturated carbocycles. The molecular weight excluding hydrogens is 204 g/mol. The molecule has 0 atom stereocenters. The molecule has 1 aromatic rings. The van der Waals surface area contributed by atoms with Gasteiger partial charge in [-0.05, 0) is 17.7 Å². The number of hydrogen-bond acceptors (Lipinski definition) is 5. The summed E-state index contributed by atoms with van der Waals surface area (Å²) in [7, 11) is 1.43. The van der Waals surface area contributed by atoms with Crippen molar-refractivity contribution in [2.75, 3.05) is 12.1 Å². The van der Waals surface area contributed by atoms with Gasteiger partial charge in [0.05, 0.1) is 10.6 Å². The predicted octanol–water partition coefficient (Wildman–Crippen LogP) is 0.727. The van der Waals surface area contributed by atoms with E-state index in [1.54, 1.807) is 0 Å². The molecule has 1 aromatic carbocycles. The zero-order chi connectivity index (χ0) is 11.4. The molecule has 1 rings (SSSR count). The Labute approximate surface area is 84.4 Å². The Bertz CT molecular complexity index is 377. The fraction of sp³-hybridized carbons (Fsp3) is 0.143. The summed E-state index contributed by atoms with van der Waals surface area (Å²) in [4.78, 5) is 19.9. The quantitative estimate of drug-likeness (QED) is 0.583. The molecule has 0 bridgehead atoms. The zero-order valence-electron chi connectivity index (χ0n) is 7.78. The molecule has 80 valence electrons. The van der Waals surface area contributed by atoms with E-state index in [9.17, 15) is 20.2 Å². The first-order valence-corrected chi connectivity index (χ1v) is 3.89. The maximum atomic E-state index is 10.3. The van der Waals surface area contributed by atoms with Crippen molar-refractivity contribution in [2.24, 2.45) is 0 Å². The molecule has 0 saturated heterocycles. The number of anilines is 1. The Hall–Kier alpha value is -2.38. The second-order valence-corrected chi connectivity index (χ2v) is 2.69. The Morgan fingerprint density at radius 2 is 1.73 bits per heavy atom. The summed E-state index contributed by atoms with van der Waals surface area (Å²) < 4.78 is 0. The zero-order valence-corrected chi connectivity index (χ0v) is 7.78. The molecule has 0 aliphatic carbocycles. The van der Waals surface area contributed by atoms with E-state index >= 15 is 0 Å². The van der Waals surface area contributed by atoms with E-state index in [1.165, 1.54) is 31.3 Å². The van der Waals surface area contributed by atoms with Crippen LogP contribution in [-0.4, -0.2) is 17.0 Å². The van der Waals surface area contributed by atoms with E-state index in [0.29, 0.717) is 5.69 Å². The van der Waals surface area contributed by atoms with Crippen LogP contribution in [0.25, 0.3) is 0 Å². The van der Waals surface area contributed by atoms with E-state index in [4.69, 9.17) is 0 Å². The number of hydrazine groups is 2. The summed E-state index contributed by atoms with van der Waals surface area (Å²) in [6, 6.07) is 5.37.